The van der Waals surface area contributed by atoms with Crippen LogP contribution in [-0.2, 0) is 14.5 Å². The smallest absolute Gasteiger partial charge is 0.456 e. The highest BCUT2D eigenvalue weighted by Gasteiger charge is 2.48. The summed E-state index contributed by atoms with van der Waals surface area (Å²) < 4.78 is 30.8. The van der Waals surface area contributed by atoms with Gasteiger partial charge in [-0.15, -0.1) is 0 Å². The summed E-state index contributed by atoms with van der Waals surface area (Å²) in [4.78, 5) is 0. The van der Waals surface area contributed by atoms with Gasteiger partial charge in [-0.2, -0.15) is 0 Å². The van der Waals surface area contributed by atoms with Gasteiger partial charge in [0.1, 0.15) is 5.75 Å². The number of benzene rings is 2. The maximum absolute atomic E-state index is 12.6. The molecule has 4 rings (SSSR count). The van der Waals surface area contributed by atoms with E-state index in [1.165, 1.54) is 6.07 Å². The van der Waals surface area contributed by atoms with Gasteiger partial charge in [-0.3, -0.25) is 0 Å². The molecule has 2 aliphatic heterocycles. The Hall–Kier alpha value is -2.10. The topological polar surface area (TPSA) is 104 Å². The highest BCUT2D eigenvalue weighted by atomic mass is 35.5. The molecule has 168 valence electrons. The van der Waals surface area contributed by atoms with Crippen LogP contribution < -0.4 is 0 Å². The number of sulfone groups is 1. The lowest BCUT2D eigenvalue weighted by Gasteiger charge is -2.32. The molecule has 0 spiro atoms. The fourth-order valence-electron chi connectivity index (χ4n) is 4.48. The number of hydrogen-bond donors (Lipinski definition) is 3. The molecular formula is C23H24BClO6S. The van der Waals surface area contributed by atoms with Crippen LogP contribution in [0, 0.1) is 0 Å². The second-order valence-corrected chi connectivity index (χ2v) is 10.7. The SMILES string of the molecule is O=S1(=O)CC(CO)=C2[C@@H](CC/C(=C/c3ccc(O)cc3Cl)c3ccccc3)OB(O)C[C@@H]21. The fourth-order valence-corrected chi connectivity index (χ4v) is 6.82. The van der Waals surface area contributed by atoms with Crippen molar-refractivity contribution in [2.45, 2.75) is 30.5 Å². The predicted molar refractivity (Wildman–Crippen MR) is 126 cm³/mol. The Morgan fingerprint density at radius 1 is 1.22 bits per heavy atom. The van der Waals surface area contributed by atoms with Gasteiger partial charge in [0.05, 0.1) is 28.7 Å². The van der Waals surface area contributed by atoms with Crippen LogP contribution in [0.15, 0.2) is 59.7 Å². The molecule has 2 aliphatic rings. The highest BCUT2D eigenvalue weighted by Crippen LogP contribution is 2.40. The summed E-state index contributed by atoms with van der Waals surface area (Å²) in [5, 5.41) is 29.2. The molecule has 1 fully saturated rings. The molecule has 0 bridgehead atoms. The number of phenolic OH excluding ortho intramolecular Hbond substituents is 1. The highest BCUT2D eigenvalue weighted by molar-refractivity contribution is 7.92. The van der Waals surface area contributed by atoms with Crippen LogP contribution in [0.1, 0.15) is 24.0 Å². The van der Waals surface area contributed by atoms with Crippen LogP contribution in [0.5, 0.6) is 5.75 Å². The van der Waals surface area contributed by atoms with Gasteiger partial charge in [-0.25, -0.2) is 8.42 Å². The van der Waals surface area contributed by atoms with E-state index < -0.39 is 28.3 Å². The Morgan fingerprint density at radius 3 is 2.66 bits per heavy atom. The Kier molecular flexibility index (Phi) is 6.79. The van der Waals surface area contributed by atoms with E-state index >= 15 is 0 Å². The number of aromatic hydroxyl groups is 1. The first-order valence-electron chi connectivity index (χ1n) is 10.4. The zero-order valence-electron chi connectivity index (χ0n) is 17.3. The maximum Gasteiger partial charge on any atom is 0.456 e. The number of allylic oxidation sites excluding steroid dienone is 1. The van der Waals surface area contributed by atoms with Crippen molar-refractivity contribution >= 4 is 40.2 Å². The van der Waals surface area contributed by atoms with Gasteiger partial charge in [0.25, 0.3) is 0 Å². The minimum Gasteiger partial charge on any atom is -0.508 e. The van der Waals surface area contributed by atoms with Crippen molar-refractivity contribution in [3.63, 3.8) is 0 Å². The van der Waals surface area contributed by atoms with Gasteiger partial charge in [-0.05, 0) is 65.0 Å². The number of fused-ring (bicyclic) bond motifs is 1. The largest absolute Gasteiger partial charge is 0.508 e. The van der Waals surface area contributed by atoms with E-state index in [4.69, 9.17) is 16.3 Å². The fraction of sp³-hybridized carbons (Fsp3) is 0.304. The minimum absolute atomic E-state index is 0.0117. The average molecular weight is 475 g/mol. The van der Waals surface area contributed by atoms with E-state index in [9.17, 15) is 23.7 Å². The summed E-state index contributed by atoms with van der Waals surface area (Å²) in [5.74, 6) is -0.115. The molecule has 0 aliphatic carbocycles. The molecule has 3 N–H and O–H groups in total. The first-order valence-corrected chi connectivity index (χ1v) is 12.5. The van der Waals surface area contributed by atoms with E-state index in [0.717, 1.165) is 16.7 Å². The molecular weight excluding hydrogens is 451 g/mol. The average Bonchev–Trinajstić information content (AvgIpc) is 3.03. The first-order chi connectivity index (χ1) is 15.3. The van der Waals surface area contributed by atoms with Crippen molar-refractivity contribution < 1.29 is 28.3 Å². The Bertz CT molecular complexity index is 1160. The van der Waals surface area contributed by atoms with E-state index in [1.807, 2.05) is 36.4 Å². The first kappa shape index (κ1) is 23.1. The molecule has 1 saturated heterocycles. The Morgan fingerprint density at radius 2 is 1.97 bits per heavy atom. The monoisotopic (exact) mass is 474 g/mol. The second-order valence-electron chi connectivity index (χ2n) is 8.11. The molecule has 0 unspecified atom stereocenters. The number of halogens is 1. The third-order valence-corrected chi connectivity index (χ3v) is 8.36. The van der Waals surface area contributed by atoms with Crippen LogP contribution in [0.4, 0.5) is 0 Å². The van der Waals surface area contributed by atoms with E-state index in [0.29, 0.717) is 29.0 Å². The predicted octanol–water partition coefficient (Wildman–Crippen LogP) is 3.33. The lowest BCUT2D eigenvalue weighted by Crippen LogP contribution is -2.42. The normalized spacial score (nSPS) is 22.8. The van der Waals surface area contributed by atoms with Crippen LogP contribution in [0.25, 0.3) is 11.6 Å². The number of hydrogen-bond acceptors (Lipinski definition) is 6. The molecule has 0 saturated carbocycles. The van der Waals surface area contributed by atoms with Crippen molar-refractivity contribution in [1.29, 1.82) is 0 Å². The van der Waals surface area contributed by atoms with Crippen LogP contribution in [-0.4, -0.2) is 54.5 Å². The summed E-state index contributed by atoms with van der Waals surface area (Å²) >= 11 is 6.31. The van der Waals surface area contributed by atoms with Gasteiger partial charge in [0.2, 0.25) is 0 Å². The number of aliphatic hydroxyl groups is 1. The Balaban J connectivity index is 1.65. The molecule has 2 heterocycles. The molecule has 2 aromatic carbocycles. The third kappa shape index (κ3) is 4.80. The quantitative estimate of drug-likeness (QED) is 0.337. The molecule has 6 nitrogen and oxygen atoms in total. The summed E-state index contributed by atoms with van der Waals surface area (Å²) in [6.07, 6.45) is 2.26. The maximum atomic E-state index is 12.6. The van der Waals surface area contributed by atoms with Crippen molar-refractivity contribution in [2.75, 3.05) is 12.4 Å². The number of aliphatic hydroxyl groups excluding tert-OH is 1. The van der Waals surface area contributed by atoms with Gasteiger partial charge in [0.15, 0.2) is 9.84 Å². The van der Waals surface area contributed by atoms with Crippen LogP contribution in [0.3, 0.4) is 0 Å². The molecule has 2 atom stereocenters. The van der Waals surface area contributed by atoms with Gasteiger partial charge < -0.3 is 19.9 Å². The molecule has 0 aromatic heterocycles. The van der Waals surface area contributed by atoms with E-state index in [2.05, 4.69) is 0 Å². The summed E-state index contributed by atoms with van der Waals surface area (Å²) in [7, 11) is -4.62. The number of rotatable bonds is 6. The Labute approximate surface area is 192 Å². The van der Waals surface area contributed by atoms with E-state index in [1.54, 1.807) is 12.1 Å². The van der Waals surface area contributed by atoms with Crippen molar-refractivity contribution in [3.8, 4) is 5.75 Å². The number of phenols is 1. The molecule has 0 amide bonds. The summed E-state index contributed by atoms with van der Waals surface area (Å²) in [6, 6.07) is 14.5. The zero-order chi connectivity index (χ0) is 22.9. The van der Waals surface area contributed by atoms with Gasteiger partial charge in [0, 0.05) is 6.32 Å². The lowest BCUT2D eigenvalue weighted by atomic mass is 9.74. The van der Waals surface area contributed by atoms with Gasteiger partial charge in [-0.1, -0.05) is 41.9 Å². The molecule has 32 heavy (non-hydrogen) atoms. The lowest BCUT2D eigenvalue weighted by molar-refractivity contribution is 0.169. The van der Waals surface area contributed by atoms with Crippen molar-refractivity contribution in [1.82, 2.24) is 0 Å². The molecule has 2 aromatic rings. The molecule has 0 radical (unpaired) electrons. The van der Waals surface area contributed by atoms with E-state index in [-0.39, 0.29) is 24.4 Å². The summed E-state index contributed by atoms with van der Waals surface area (Å²) in [6.45, 7) is -0.342. The van der Waals surface area contributed by atoms with Crippen LogP contribution in [0.2, 0.25) is 11.3 Å². The zero-order valence-corrected chi connectivity index (χ0v) is 18.9. The van der Waals surface area contributed by atoms with Crippen molar-refractivity contribution in [3.05, 3.63) is 75.8 Å². The van der Waals surface area contributed by atoms with Gasteiger partial charge >= 0.3 is 7.12 Å². The minimum atomic E-state index is -3.45. The van der Waals surface area contributed by atoms with Crippen LogP contribution >= 0.6 is 11.6 Å². The standard InChI is InChI=1S/C23H24BClO6S/c25-20-11-19(27)8-6-17(20)10-16(15-4-2-1-3-5-15)7-9-21-23-18(13-26)14-32(29,30)22(23)12-24(28)31-21/h1-6,8,10-11,21-22,26-28H,7,9,12-14H2/b16-10-/t21-,22+/m1/s1. The third-order valence-electron chi connectivity index (χ3n) is 5.97. The second kappa shape index (κ2) is 9.41. The molecule has 9 heteroatoms. The summed E-state index contributed by atoms with van der Waals surface area (Å²) in [5.41, 5.74) is 3.72. The van der Waals surface area contributed by atoms with Crippen molar-refractivity contribution in [2.24, 2.45) is 0 Å².